The molecule has 1 fully saturated rings. The highest BCUT2D eigenvalue weighted by Gasteiger charge is 2.30. The van der Waals surface area contributed by atoms with Gasteiger partial charge in [-0.15, -0.1) is 11.3 Å². The van der Waals surface area contributed by atoms with Crippen molar-refractivity contribution in [3.05, 3.63) is 51.7 Å². The molecule has 0 aliphatic carbocycles. The molecule has 0 unspecified atom stereocenters. The van der Waals surface area contributed by atoms with Crippen molar-refractivity contribution < 1.29 is 14.4 Å². The predicted molar refractivity (Wildman–Crippen MR) is 92.8 cm³/mol. The third-order valence-corrected chi connectivity index (χ3v) is 4.92. The van der Waals surface area contributed by atoms with E-state index in [4.69, 9.17) is 0 Å². The lowest BCUT2D eigenvalue weighted by Gasteiger charge is -2.08. The van der Waals surface area contributed by atoms with Gasteiger partial charge in [0.1, 0.15) is 0 Å². The van der Waals surface area contributed by atoms with E-state index in [-0.39, 0.29) is 30.1 Å². The van der Waals surface area contributed by atoms with Crippen molar-refractivity contribution in [3.63, 3.8) is 0 Å². The van der Waals surface area contributed by atoms with Crippen molar-refractivity contribution >= 4 is 34.7 Å². The third kappa shape index (κ3) is 4.08. The first-order valence-corrected chi connectivity index (χ1v) is 8.59. The van der Waals surface area contributed by atoms with Gasteiger partial charge in [0.15, 0.2) is 0 Å². The molecule has 5 nitrogen and oxygen atoms in total. The molecule has 1 aliphatic rings. The molecule has 6 heteroatoms. The normalized spacial score (nSPS) is 17.0. The van der Waals surface area contributed by atoms with Gasteiger partial charge >= 0.3 is 0 Å². The number of thiophene rings is 1. The number of hydrogen-bond donors (Lipinski definition) is 2. The molecule has 2 aromatic rings. The molecule has 0 radical (unpaired) electrons. The van der Waals surface area contributed by atoms with Gasteiger partial charge in [0.05, 0.1) is 12.3 Å². The molecule has 0 saturated carbocycles. The molecule has 1 aliphatic heterocycles. The van der Waals surface area contributed by atoms with Crippen molar-refractivity contribution in [2.45, 2.75) is 26.2 Å². The fraction of sp³-hybridized carbons (Fsp3) is 0.278. The minimum absolute atomic E-state index is 0.0506. The second-order valence-electron chi connectivity index (χ2n) is 5.95. The molecule has 2 N–H and O–H groups in total. The van der Waals surface area contributed by atoms with E-state index in [2.05, 4.69) is 10.6 Å². The Morgan fingerprint density at radius 1 is 1.21 bits per heavy atom. The average molecular weight is 342 g/mol. The van der Waals surface area contributed by atoms with Crippen molar-refractivity contribution in [1.82, 2.24) is 5.32 Å². The van der Waals surface area contributed by atoms with Gasteiger partial charge in [-0.25, -0.2) is 0 Å². The molecule has 124 valence electrons. The van der Waals surface area contributed by atoms with Crippen LogP contribution < -0.4 is 10.6 Å². The quantitative estimate of drug-likeness (QED) is 0.820. The third-order valence-electron chi connectivity index (χ3n) is 3.92. The minimum Gasteiger partial charge on any atom is -0.326 e. The summed E-state index contributed by atoms with van der Waals surface area (Å²) < 4.78 is 0. The predicted octanol–water partition coefficient (Wildman–Crippen LogP) is 2.44. The second-order valence-corrected chi connectivity index (χ2v) is 7.32. The fourth-order valence-electron chi connectivity index (χ4n) is 2.72. The highest BCUT2D eigenvalue weighted by atomic mass is 32.1. The molecule has 1 aromatic carbocycles. The van der Waals surface area contributed by atoms with Crippen LogP contribution in [0.2, 0.25) is 0 Å². The molecular formula is C18H18N2O3S. The zero-order valence-electron chi connectivity index (χ0n) is 13.3. The molecule has 3 amide bonds. The van der Waals surface area contributed by atoms with E-state index in [0.29, 0.717) is 12.8 Å². The number of anilines is 1. The average Bonchev–Trinajstić information content (AvgIpc) is 3.06. The number of hydrogen-bond acceptors (Lipinski definition) is 4. The van der Waals surface area contributed by atoms with E-state index in [1.54, 1.807) is 11.3 Å². The Kier molecular flexibility index (Phi) is 4.76. The SMILES string of the molecule is Cc1ccc(CC(=O)Nc2ccc(C[C@H]3CC(=O)NC3=O)cc2)s1. The lowest BCUT2D eigenvalue weighted by atomic mass is 9.98. The van der Waals surface area contributed by atoms with Crippen molar-refractivity contribution in [2.24, 2.45) is 5.92 Å². The van der Waals surface area contributed by atoms with Crippen molar-refractivity contribution in [2.75, 3.05) is 5.32 Å². The number of aryl methyl sites for hydroxylation is 1. The summed E-state index contributed by atoms with van der Waals surface area (Å²) in [7, 11) is 0. The largest absolute Gasteiger partial charge is 0.326 e. The molecule has 3 rings (SSSR count). The summed E-state index contributed by atoms with van der Waals surface area (Å²) in [5.41, 5.74) is 1.70. The van der Waals surface area contributed by atoms with Crippen molar-refractivity contribution in [3.8, 4) is 0 Å². The Balaban J connectivity index is 1.55. The highest BCUT2D eigenvalue weighted by molar-refractivity contribution is 7.12. The lowest BCUT2D eigenvalue weighted by molar-refractivity contribution is -0.125. The Bertz CT molecular complexity index is 780. The fourth-order valence-corrected chi connectivity index (χ4v) is 3.61. The van der Waals surface area contributed by atoms with Crippen LogP contribution in [0.4, 0.5) is 5.69 Å². The summed E-state index contributed by atoms with van der Waals surface area (Å²) in [5.74, 6) is -0.758. The first kappa shape index (κ1) is 16.4. The number of carbonyl (C=O) groups excluding carboxylic acids is 3. The smallest absolute Gasteiger partial charge is 0.230 e. The molecule has 1 aromatic heterocycles. The second kappa shape index (κ2) is 6.97. The monoisotopic (exact) mass is 342 g/mol. The van der Waals surface area contributed by atoms with Crippen LogP contribution in [-0.4, -0.2) is 17.7 Å². The standard InChI is InChI=1S/C18H18N2O3S/c1-11-2-7-15(24-11)10-17(22)19-14-5-3-12(4-6-14)8-13-9-16(21)20-18(13)23/h2-7,13H,8-10H2,1H3,(H,19,22)(H,20,21,23)/t13-/m0/s1. The number of amides is 3. The van der Waals surface area contributed by atoms with Gasteiger partial charge in [0, 0.05) is 21.9 Å². The van der Waals surface area contributed by atoms with Crippen LogP contribution in [0.3, 0.4) is 0 Å². The molecule has 24 heavy (non-hydrogen) atoms. The summed E-state index contributed by atoms with van der Waals surface area (Å²) in [6.45, 7) is 2.02. The van der Waals surface area contributed by atoms with Crippen LogP contribution in [0.5, 0.6) is 0 Å². The number of benzene rings is 1. The van der Waals surface area contributed by atoms with Crippen LogP contribution in [0, 0.1) is 12.8 Å². The van der Waals surface area contributed by atoms with Gasteiger partial charge in [-0.1, -0.05) is 12.1 Å². The first-order valence-electron chi connectivity index (χ1n) is 7.77. The number of nitrogens with one attached hydrogen (secondary N) is 2. The number of rotatable bonds is 5. The van der Waals surface area contributed by atoms with E-state index < -0.39 is 0 Å². The maximum atomic E-state index is 12.0. The van der Waals surface area contributed by atoms with Gasteiger partial charge in [-0.2, -0.15) is 0 Å². The Morgan fingerprint density at radius 3 is 2.54 bits per heavy atom. The topological polar surface area (TPSA) is 75.3 Å². The zero-order valence-corrected chi connectivity index (χ0v) is 14.1. The van der Waals surface area contributed by atoms with E-state index in [1.807, 2.05) is 43.3 Å². The molecule has 2 heterocycles. The van der Waals surface area contributed by atoms with E-state index >= 15 is 0 Å². The van der Waals surface area contributed by atoms with E-state index in [1.165, 1.54) is 4.88 Å². The Hall–Kier alpha value is -2.47. The first-order chi connectivity index (χ1) is 11.5. The van der Waals surface area contributed by atoms with Gasteiger partial charge in [-0.05, 0) is 43.2 Å². The van der Waals surface area contributed by atoms with Crippen LogP contribution in [0.1, 0.15) is 21.7 Å². The van der Waals surface area contributed by atoms with Crippen LogP contribution in [0.15, 0.2) is 36.4 Å². The molecule has 0 bridgehead atoms. The summed E-state index contributed by atoms with van der Waals surface area (Å²) in [5, 5.41) is 5.19. The number of carbonyl (C=O) groups is 3. The minimum atomic E-state index is -0.292. The maximum absolute atomic E-state index is 12.0. The summed E-state index contributed by atoms with van der Waals surface area (Å²) in [4.78, 5) is 37.1. The molecular weight excluding hydrogens is 324 g/mol. The Morgan fingerprint density at radius 2 is 1.96 bits per heavy atom. The maximum Gasteiger partial charge on any atom is 0.230 e. The molecule has 0 spiro atoms. The van der Waals surface area contributed by atoms with Crippen LogP contribution >= 0.6 is 11.3 Å². The van der Waals surface area contributed by atoms with Gasteiger partial charge in [0.25, 0.3) is 0 Å². The zero-order chi connectivity index (χ0) is 17.1. The summed E-state index contributed by atoms with van der Waals surface area (Å²) in [6.07, 6.45) is 1.14. The summed E-state index contributed by atoms with van der Waals surface area (Å²) in [6, 6.07) is 11.4. The molecule has 1 saturated heterocycles. The van der Waals surface area contributed by atoms with Gasteiger partial charge in [-0.3, -0.25) is 19.7 Å². The van der Waals surface area contributed by atoms with Gasteiger partial charge in [0.2, 0.25) is 17.7 Å². The van der Waals surface area contributed by atoms with Crippen LogP contribution in [-0.2, 0) is 27.2 Å². The lowest BCUT2D eigenvalue weighted by Crippen LogP contribution is -2.22. The van der Waals surface area contributed by atoms with Crippen LogP contribution in [0.25, 0.3) is 0 Å². The van der Waals surface area contributed by atoms with E-state index in [9.17, 15) is 14.4 Å². The molecule has 1 atom stereocenters. The van der Waals surface area contributed by atoms with E-state index in [0.717, 1.165) is 16.1 Å². The Labute approximate surface area is 144 Å². The highest BCUT2D eigenvalue weighted by Crippen LogP contribution is 2.20. The van der Waals surface area contributed by atoms with Gasteiger partial charge < -0.3 is 5.32 Å². The number of imide groups is 1. The summed E-state index contributed by atoms with van der Waals surface area (Å²) >= 11 is 1.62. The van der Waals surface area contributed by atoms with Crippen molar-refractivity contribution in [1.29, 1.82) is 0 Å².